The molecule has 0 aliphatic rings. The summed E-state index contributed by atoms with van der Waals surface area (Å²) >= 11 is 5.89. The molecule has 1 heterocycles. The van der Waals surface area contributed by atoms with E-state index in [2.05, 4.69) is 11.9 Å². The summed E-state index contributed by atoms with van der Waals surface area (Å²) in [7, 11) is 0. The minimum absolute atomic E-state index is 0.401. The van der Waals surface area contributed by atoms with Crippen molar-refractivity contribution in [2.45, 2.75) is 19.8 Å². The highest BCUT2D eigenvalue weighted by Gasteiger charge is 2.13. The maximum Gasteiger partial charge on any atom is 0.250 e. The molecule has 0 spiro atoms. The monoisotopic (exact) mass is 263 g/mol. The summed E-state index contributed by atoms with van der Waals surface area (Å²) in [6.07, 6.45) is 5.36. The van der Waals surface area contributed by atoms with E-state index in [1.807, 2.05) is 10.8 Å². The Morgan fingerprint density at radius 1 is 1.50 bits per heavy atom. The summed E-state index contributed by atoms with van der Waals surface area (Å²) in [5.74, 6) is 0.408. The van der Waals surface area contributed by atoms with E-state index in [0.29, 0.717) is 16.3 Å². The van der Waals surface area contributed by atoms with Crippen molar-refractivity contribution in [3.05, 3.63) is 47.0 Å². The Kier molecular flexibility index (Phi) is 3.67. The molecule has 0 bridgehead atoms. The molecule has 2 aromatic rings. The van der Waals surface area contributed by atoms with Gasteiger partial charge in [0.2, 0.25) is 0 Å². The van der Waals surface area contributed by atoms with E-state index < -0.39 is 5.91 Å². The zero-order chi connectivity index (χ0) is 13.1. The van der Waals surface area contributed by atoms with Gasteiger partial charge in [-0.15, -0.1) is 0 Å². The van der Waals surface area contributed by atoms with Gasteiger partial charge in [0.25, 0.3) is 5.91 Å². The van der Waals surface area contributed by atoms with Crippen LogP contribution < -0.4 is 5.73 Å². The summed E-state index contributed by atoms with van der Waals surface area (Å²) in [6, 6.07) is 5.09. The number of benzene rings is 1. The highest BCUT2D eigenvalue weighted by Crippen LogP contribution is 2.21. The smallest absolute Gasteiger partial charge is 0.250 e. The summed E-state index contributed by atoms with van der Waals surface area (Å²) in [5, 5.41) is 0.490. The topological polar surface area (TPSA) is 60.9 Å². The van der Waals surface area contributed by atoms with E-state index in [-0.39, 0.29) is 0 Å². The first kappa shape index (κ1) is 12.6. The van der Waals surface area contributed by atoms with Crippen molar-refractivity contribution in [1.29, 1.82) is 0 Å². The molecule has 18 heavy (non-hydrogen) atoms. The van der Waals surface area contributed by atoms with Crippen LogP contribution in [-0.2, 0) is 6.42 Å². The SMILES string of the molecule is CCCc1nccn1-c1ccc(Cl)cc1C(N)=O. The Balaban J connectivity index is 2.56. The zero-order valence-electron chi connectivity index (χ0n) is 10.1. The molecule has 2 N–H and O–H groups in total. The molecule has 0 atom stereocenters. The Labute approximate surface area is 110 Å². The number of amides is 1. The van der Waals surface area contributed by atoms with Gasteiger partial charge in [-0.05, 0) is 24.6 Å². The fraction of sp³-hybridized carbons (Fsp3) is 0.231. The van der Waals surface area contributed by atoms with E-state index >= 15 is 0 Å². The van der Waals surface area contributed by atoms with Gasteiger partial charge in [0.1, 0.15) is 5.82 Å². The maximum atomic E-state index is 11.5. The summed E-state index contributed by atoms with van der Waals surface area (Å²) in [5.41, 5.74) is 6.50. The van der Waals surface area contributed by atoms with Gasteiger partial charge in [-0.25, -0.2) is 4.98 Å². The van der Waals surface area contributed by atoms with Crippen LogP contribution in [0.3, 0.4) is 0 Å². The second-order valence-electron chi connectivity index (χ2n) is 3.99. The Morgan fingerprint density at radius 3 is 2.94 bits per heavy atom. The van der Waals surface area contributed by atoms with Gasteiger partial charge in [0, 0.05) is 23.8 Å². The molecule has 0 saturated heterocycles. The third kappa shape index (κ3) is 2.38. The van der Waals surface area contributed by atoms with Crippen LogP contribution in [-0.4, -0.2) is 15.5 Å². The lowest BCUT2D eigenvalue weighted by Gasteiger charge is -2.11. The lowest BCUT2D eigenvalue weighted by atomic mass is 10.1. The molecule has 5 heteroatoms. The molecule has 1 aromatic heterocycles. The van der Waals surface area contributed by atoms with E-state index in [4.69, 9.17) is 17.3 Å². The van der Waals surface area contributed by atoms with Crippen LogP contribution >= 0.6 is 11.6 Å². The molecule has 1 aromatic carbocycles. The fourth-order valence-electron chi connectivity index (χ4n) is 1.88. The van der Waals surface area contributed by atoms with Gasteiger partial charge in [0.05, 0.1) is 11.3 Å². The highest BCUT2D eigenvalue weighted by atomic mass is 35.5. The molecule has 1 amide bonds. The first-order valence-corrected chi connectivity index (χ1v) is 6.13. The third-order valence-electron chi connectivity index (χ3n) is 2.67. The van der Waals surface area contributed by atoms with Crippen molar-refractivity contribution < 1.29 is 4.79 Å². The van der Waals surface area contributed by atoms with Crippen molar-refractivity contribution in [2.24, 2.45) is 5.73 Å². The molecule has 0 aliphatic carbocycles. The van der Waals surface area contributed by atoms with Crippen LogP contribution in [0.15, 0.2) is 30.6 Å². The number of primary amides is 1. The highest BCUT2D eigenvalue weighted by molar-refractivity contribution is 6.31. The number of nitrogens with two attached hydrogens (primary N) is 1. The van der Waals surface area contributed by atoms with Gasteiger partial charge < -0.3 is 10.3 Å². The second kappa shape index (κ2) is 5.23. The van der Waals surface area contributed by atoms with Crippen LogP contribution in [0, 0.1) is 0 Å². The van der Waals surface area contributed by atoms with Crippen LogP contribution in [0.25, 0.3) is 5.69 Å². The maximum absolute atomic E-state index is 11.5. The number of hydrogen-bond donors (Lipinski definition) is 1. The first-order valence-electron chi connectivity index (χ1n) is 5.75. The third-order valence-corrected chi connectivity index (χ3v) is 2.91. The average Bonchev–Trinajstić information content (AvgIpc) is 2.77. The van der Waals surface area contributed by atoms with Crippen molar-refractivity contribution in [3.8, 4) is 5.69 Å². The van der Waals surface area contributed by atoms with E-state index in [0.717, 1.165) is 18.7 Å². The molecule has 0 fully saturated rings. The van der Waals surface area contributed by atoms with Crippen LogP contribution in [0.5, 0.6) is 0 Å². The number of halogens is 1. The largest absolute Gasteiger partial charge is 0.366 e. The number of carbonyl (C=O) groups excluding carboxylic acids is 1. The van der Waals surface area contributed by atoms with Gasteiger partial charge in [0.15, 0.2) is 0 Å². The number of rotatable bonds is 4. The molecule has 94 valence electrons. The second-order valence-corrected chi connectivity index (χ2v) is 4.43. The number of carbonyl (C=O) groups is 1. The summed E-state index contributed by atoms with van der Waals surface area (Å²) < 4.78 is 1.87. The van der Waals surface area contributed by atoms with E-state index in [9.17, 15) is 4.79 Å². The van der Waals surface area contributed by atoms with Crippen LogP contribution in [0.4, 0.5) is 0 Å². The van der Waals surface area contributed by atoms with Crippen molar-refractivity contribution in [3.63, 3.8) is 0 Å². The Morgan fingerprint density at radius 2 is 2.28 bits per heavy atom. The van der Waals surface area contributed by atoms with E-state index in [1.54, 1.807) is 24.4 Å². The normalized spacial score (nSPS) is 10.6. The van der Waals surface area contributed by atoms with Crippen LogP contribution in [0.1, 0.15) is 29.5 Å². The molecular weight excluding hydrogens is 250 g/mol. The molecule has 0 saturated carbocycles. The fourth-order valence-corrected chi connectivity index (χ4v) is 2.05. The molecule has 0 unspecified atom stereocenters. The van der Waals surface area contributed by atoms with Crippen LogP contribution in [0.2, 0.25) is 5.02 Å². The summed E-state index contributed by atoms with van der Waals surface area (Å²) in [6.45, 7) is 2.08. The molecule has 4 nitrogen and oxygen atoms in total. The predicted octanol–water partition coefficient (Wildman–Crippen LogP) is 2.58. The number of hydrogen-bond acceptors (Lipinski definition) is 2. The molecule has 0 radical (unpaired) electrons. The molecular formula is C13H14ClN3O. The van der Waals surface area contributed by atoms with Gasteiger partial charge in [-0.2, -0.15) is 0 Å². The molecule has 2 rings (SSSR count). The number of aromatic nitrogens is 2. The van der Waals surface area contributed by atoms with E-state index in [1.165, 1.54) is 0 Å². The number of nitrogens with zero attached hydrogens (tertiary/aromatic N) is 2. The lowest BCUT2D eigenvalue weighted by Crippen LogP contribution is -2.15. The van der Waals surface area contributed by atoms with Crippen molar-refractivity contribution in [2.75, 3.05) is 0 Å². The van der Waals surface area contributed by atoms with Crippen molar-refractivity contribution >= 4 is 17.5 Å². The Hall–Kier alpha value is -1.81. The number of imidazole rings is 1. The van der Waals surface area contributed by atoms with Gasteiger partial charge >= 0.3 is 0 Å². The quantitative estimate of drug-likeness (QED) is 0.922. The minimum atomic E-state index is -0.497. The number of aryl methyl sites for hydroxylation is 1. The summed E-state index contributed by atoms with van der Waals surface area (Å²) in [4.78, 5) is 15.8. The average molecular weight is 264 g/mol. The van der Waals surface area contributed by atoms with Gasteiger partial charge in [-0.3, -0.25) is 4.79 Å². The van der Waals surface area contributed by atoms with Gasteiger partial charge in [-0.1, -0.05) is 18.5 Å². The first-order chi connectivity index (χ1) is 8.63. The Bertz CT molecular complexity index is 577. The standard InChI is InChI=1S/C13H14ClN3O/c1-2-3-12-16-6-7-17(12)11-5-4-9(14)8-10(11)13(15)18/h4-8H,2-3H2,1H3,(H2,15,18). The molecule has 0 aliphatic heterocycles. The van der Waals surface area contributed by atoms with Crippen molar-refractivity contribution in [1.82, 2.24) is 9.55 Å². The predicted molar refractivity (Wildman–Crippen MR) is 71.1 cm³/mol. The zero-order valence-corrected chi connectivity index (χ0v) is 10.8. The lowest BCUT2D eigenvalue weighted by molar-refractivity contribution is 0.100. The minimum Gasteiger partial charge on any atom is -0.366 e.